The van der Waals surface area contributed by atoms with E-state index in [1.54, 1.807) is 0 Å². The molecule has 74 valence electrons. The molecule has 0 rings (SSSR count). The van der Waals surface area contributed by atoms with Gasteiger partial charge in [0.25, 0.3) is 0 Å². The molecule has 0 radical (unpaired) electrons. The van der Waals surface area contributed by atoms with E-state index >= 15 is 0 Å². The van der Waals surface area contributed by atoms with Gasteiger partial charge in [0.05, 0.1) is 0 Å². The molecular formula is C7H3MoO6-. The van der Waals surface area contributed by atoms with Crippen molar-refractivity contribution in [1.29, 1.82) is 0 Å². The molecule has 0 aromatic rings. The van der Waals surface area contributed by atoms with E-state index in [0.717, 1.165) is 0 Å². The van der Waals surface area contributed by atoms with Gasteiger partial charge < -0.3 is 0 Å². The number of rotatable bonds is 0. The SMILES string of the molecule is C[C]([O-])=[Mo].[C-]#[O+].[C-]#[O+].[C-]#[O+].[C-]#[O+].[C-]#[O+]. The summed E-state index contributed by atoms with van der Waals surface area (Å²) in [5.41, 5.74) is 0. The van der Waals surface area contributed by atoms with Gasteiger partial charge in [0.2, 0.25) is 0 Å². The van der Waals surface area contributed by atoms with Crippen molar-refractivity contribution in [3.8, 4) is 0 Å². The minimum absolute atomic E-state index is 0.177. The van der Waals surface area contributed by atoms with Crippen LogP contribution in [0.3, 0.4) is 0 Å². The Labute approximate surface area is 92.3 Å². The van der Waals surface area contributed by atoms with Crippen LogP contribution in [0.1, 0.15) is 6.92 Å². The Morgan fingerprint density at radius 1 is 0.786 bits per heavy atom. The summed E-state index contributed by atoms with van der Waals surface area (Å²) < 4.78 is 37.7. The normalized spacial score (nSPS) is 2.57. The molecule has 0 aliphatic heterocycles. The standard InChI is InChI=1S/C2H3O.5CO.Mo/c1-2-3;5*1-2;/h1H3;;;;;;/q-1;;;;;;. The van der Waals surface area contributed by atoms with E-state index < -0.39 is 0 Å². The van der Waals surface area contributed by atoms with Crippen molar-refractivity contribution < 1.29 is 47.7 Å². The van der Waals surface area contributed by atoms with E-state index in [-0.39, 0.29) is 4.08 Å². The van der Waals surface area contributed by atoms with Crippen LogP contribution in [0.5, 0.6) is 0 Å². The molecule has 0 saturated carbocycles. The molecule has 0 bridgehead atoms. The van der Waals surface area contributed by atoms with Crippen LogP contribution in [0.25, 0.3) is 0 Å². The fourth-order valence-electron chi connectivity index (χ4n) is 0. The van der Waals surface area contributed by atoms with E-state index in [9.17, 15) is 5.11 Å². The summed E-state index contributed by atoms with van der Waals surface area (Å²) in [5.74, 6) is 0. The van der Waals surface area contributed by atoms with Gasteiger partial charge in [0.15, 0.2) is 0 Å². The minimum atomic E-state index is 0.177. The van der Waals surface area contributed by atoms with Crippen molar-refractivity contribution in [2.24, 2.45) is 0 Å². The first-order chi connectivity index (χ1) is 6.73. The van der Waals surface area contributed by atoms with Gasteiger partial charge in [-0.25, -0.2) is 0 Å². The van der Waals surface area contributed by atoms with Crippen molar-refractivity contribution in [2.45, 2.75) is 6.92 Å². The predicted molar refractivity (Wildman–Crippen MR) is 30.3 cm³/mol. The van der Waals surface area contributed by atoms with Crippen molar-refractivity contribution >= 4 is 4.08 Å². The first-order valence-corrected chi connectivity index (χ1v) is 2.93. The predicted octanol–water partition coefficient (Wildman–Crippen LogP) is -1.14. The summed E-state index contributed by atoms with van der Waals surface area (Å²) in [6.07, 6.45) is 0. The van der Waals surface area contributed by atoms with Crippen LogP contribution in [0.15, 0.2) is 0 Å². The first-order valence-electron chi connectivity index (χ1n) is 1.93. The molecule has 0 N–H and O–H groups in total. The van der Waals surface area contributed by atoms with Gasteiger partial charge in [-0.2, -0.15) is 0 Å². The molecule has 6 nitrogen and oxygen atoms in total. The van der Waals surface area contributed by atoms with E-state index in [2.05, 4.69) is 33.3 Å². The molecule has 0 atom stereocenters. The van der Waals surface area contributed by atoms with Crippen LogP contribution in [-0.4, -0.2) is 4.08 Å². The van der Waals surface area contributed by atoms with Gasteiger partial charge in [-0.3, -0.25) is 0 Å². The average molecular weight is 279 g/mol. The van der Waals surface area contributed by atoms with E-state index in [1.165, 1.54) is 26.3 Å². The second-order valence-electron chi connectivity index (χ2n) is 0.492. The summed E-state index contributed by atoms with van der Waals surface area (Å²) in [6.45, 7) is 24.0. The van der Waals surface area contributed by atoms with Gasteiger partial charge in [-0.05, 0) is 0 Å². The van der Waals surface area contributed by atoms with Gasteiger partial charge in [-0.1, -0.05) is 0 Å². The van der Waals surface area contributed by atoms with Crippen LogP contribution in [0.4, 0.5) is 0 Å². The van der Waals surface area contributed by atoms with E-state index in [4.69, 9.17) is 23.3 Å². The number of hydrogen-bond donors (Lipinski definition) is 0. The summed E-state index contributed by atoms with van der Waals surface area (Å²) >= 11 is 1.47. The van der Waals surface area contributed by atoms with Gasteiger partial charge in [0, 0.05) is 0 Å². The quantitative estimate of drug-likeness (QED) is 0.310. The molecule has 0 fully saturated rings. The Morgan fingerprint density at radius 2 is 0.786 bits per heavy atom. The molecule has 7 heteroatoms. The van der Waals surface area contributed by atoms with Gasteiger partial charge >= 0.3 is 92.0 Å². The molecule has 0 aliphatic rings. The molecule has 0 aromatic carbocycles. The summed E-state index contributed by atoms with van der Waals surface area (Å²) in [7, 11) is 0. The Kier molecular flexibility index (Phi) is 845. The zero-order valence-electron chi connectivity index (χ0n) is 6.86. The van der Waals surface area contributed by atoms with Crippen molar-refractivity contribution in [1.82, 2.24) is 0 Å². The van der Waals surface area contributed by atoms with Crippen LogP contribution >= 0.6 is 0 Å². The maximum absolute atomic E-state index is 9.45. The summed E-state index contributed by atoms with van der Waals surface area (Å²) in [5, 5.41) is 9.45. The second-order valence-corrected chi connectivity index (χ2v) is 1.90. The Balaban J connectivity index is -0.0000000143. The molecule has 0 amide bonds. The van der Waals surface area contributed by atoms with E-state index in [1.807, 2.05) is 0 Å². The zero-order chi connectivity index (χ0) is 13.6. The Morgan fingerprint density at radius 3 is 0.786 bits per heavy atom. The van der Waals surface area contributed by atoms with Gasteiger partial charge in [0.1, 0.15) is 0 Å². The average Bonchev–Trinajstić information content (AvgIpc) is 2.30. The van der Waals surface area contributed by atoms with Crippen LogP contribution in [-0.2, 0) is 42.6 Å². The van der Waals surface area contributed by atoms with Gasteiger partial charge in [-0.15, -0.1) is 0 Å². The maximum atomic E-state index is 9.45. The molecule has 0 unspecified atom stereocenters. The van der Waals surface area contributed by atoms with E-state index in [0.29, 0.717) is 0 Å². The number of hydrogen-bond acceptors (Lipinski definition) is 1. The van der Waals surface area contributed by atoms with Crippen molar-refractivity contribution in [3.05, 3.63) is 33.3 Å². The third-order valence-corrected chi connectivity index (χ3v) is 0. The molecule has 14 heavy (non-hydrogen) atoms. The third-order valence-electron chi connectivity index (χ3n) is 0. The molecular weight excluding hydrogens is 276 g/mol. The Bertz CT molecular complexity index is 136. The Hall–Kier alpha value is -0.782. The van der Waals surface area contributed by atoms with Crippen LogP contribution in [0, 0.1) is 33.3 Å². The zero-order valence-corrected chi connectivity index (χ0v) is 8.86. The topological polar surface area (TPSA) is 123 Å². The molecule has 0 heterocycles. The molecule has 0 aliphatic carbocycles. The molecule has 0 spiro atoms. The van der Waals surface area contributed by atoms with Crippen molar-refractivity contribution in [2.75, 3.05) is 0 Å². The third kappa shape index (κ3) is 1920. The van der Waals surface area contributed by atoms with Crippen molar-refractivity contribution in [3.63, 3.8) is 0 Å². The summed E-state index contributed by atoms with van der Waals surface area (Å²) in [6, 6.07) is 0. The van der Waals surface area contributed by atoms with Crippen LogP contribution in [0.2, 0.25) is 0 Å². The monoisotopic (exact) mass is 281 g/mol. The molecule has 0 saturated heterocycles. The molecule has 0 aromatic heterocycles. The fraction of sp³-hybridized carbons (Fsp3) is 0.143. The first kappa shape index (κ1) is 37.9. The fourth-order valence-corrected chi connectivity index (χ4v) is 0. The van der Waals surface area contributed by atoms with Crippen LogP contribution < -0.4 is 5.11 Å². The second kappa shape index (κ2) is 312. The summed E-state index contributed by atoms with van der Waals surface area (Å²) in [4.78, 5) is 0.